The van der Waals surface area contributed by atoms with E-state index >= 15 is 0 Å². The molecule has 0 radical (unpaired) electrons. The van der Waals surface area contributed by atoms with Crippen molar-refractivity contribution in [1.29, 1.82) is 0 Å². The molecule has 21 heavy (non-hydrogen) atoms. The Hall–Kier alpha value is -1.62. The first-order valence-electron chi connectivity index (χ1n) is 7.57. The van der Waals surface area contributed by atoms with Crippen LogP contribution in [-0.2, 0) is 9.53 Å². The largest absolute Gasteiger partial charge is 0.487 e. The lowest BCUT2D eigenvalue weighted by Gasteiger charge is -2.26. The van der Waals surface area contributed by atoms with E-state index in [2.05, 4.69) is 5.32 Å². The average Bonchev–Trinajstić information content (AvgIpc) is 2.45. The molecule has 0 bridgehead atoms. The molecule has 0 unspecified atom stereocenters. The quantitative estimate of drug-likeness (QED) is 0.928. The van der Waals surface area contributed by atoms with Crippen LogP contribution in [0.2, 0.25) is 0 Å². The van der Waals surface area contributed by atoms with Crippen molar-refractivity contribution in [2.75, 3.05) is 18.5 Å². The maximum atomic E-state index is 14.0. The Balaban J connectivity index is 1.59. The number of carbonyl (C=O) groups is 1. The highest BCUT2D eigenvalue weighted by Crippen LogP contribution is 2.28. The van der Waals surface area contributed by atoms with Gasteiger partial charge in [0.1, 0.15) is 0 Å². The third kappa shape index (κ3) is 3.53. The van der Waals surface area contributed by atoms with Crippen molar-refractivity contribution in [2.45, 2.75) is 38.2 Å². The van der Waals surface area contributed by atoms with E-state index in [1.165, 1.54) is 6.07 Å². The van der Waals surface area contributed by atoms with Gasteiger partial charge in [-0.2, -0.15) is 0 Å². The van der Waals surface area contributed by atoms with Crippen LogP contribution < -0.4 is 10.1 Å². The molecule has 4 nitrogen and oxygen atoms in total. The SMILES string of the molecule is O=C(Nc1ccc(OC2CCC2)c(F)c1)[C@H]1CCCOC1. The molecule has 2 fully saturated rings. The van der Waals surface area contributed by atoms with E-state index in [4.69, 9.17) is 9.47 Å². The van der Waals surface area contributed by atoms with Crippen molar-refractivity contribution in [3.05, 3.63) is 24.0 Å². The van der Waals surface area contributed by atoms with Gasteiger partial charge >= 0.3 is 0 Å². The summed E-state index contributed by atoms with van der Waals surface area (Å²) in [6.45, 7) is 1.16. The molecule has 1 atom stereocenters. The summed E-state index contributed by atoms with van der Waals surface area (Å²) in [5.41, 5.74) is 0.462. The van der Waals surface area contributed by atoms with E-state index in [0.29, 0.717) is 18.9 Å². The first kappa shape index (κ1) is 14.3. The monoisotopic (exact) mass is 293 g/mol. The number of amides is 1. The van der Waals surface area contributed by atoms with Gasteiger partial charge in [-0.25, -0.2) is 4.39 Å². The molecule has 5 heteroatoms. The van der Waals surface area contributed by atoms with Crippen LogP contribution in [0.4, 0.5) is 10.1 Å². The van der Waals surface area contributed by atoms with E-state index in [9.17, 15) is 9.18 Å². The smallest absolute Gasteiger partial charge is 0.229 e. The maximum Gasteiger partial charge on any atom is 0.229 e. The van der Waals surface area contributed by atoms with Crippen molar-refractivity contribution in [3.8, 4) is 5.75 Å². The molecule has 1 N–H and O–H groups in total. The summed E-state index contributed by atoms with van der Waals surface area (Å²) < 4.78 is 24.8. The van der Waals surface area contributed by atoms with Crippen LogP contribution in [0.1, 0.15) is 32.1 Å². The predicted octanol–water partition coefficient (Wildman–Crippen LogP) is 3.12. The second-order valence-electron chi connectivity index (χ2n) is 5.72. The molecule has 1 heterocycles. The summed E-state index contributed by atoms with van der Waals surface area (Å²) in [6, 6.07) is 4.58. The highest BCUT2D eigenvalue weighted by molar-refractivity contribution is 5.92. The molecule has 0 spiro atoms. The number of hydrogen-bond acceptors (Lipinski definition) is 3. The Labute approximate surface area is 123 Å². The summed E-state index contributed by atoms with van der Waals surface area (Å²) in [5.74, 6) is -0.423. The van der Waals surface area contributed by atoms with Gasteiger partial charge in [0.15, 0.2) is 11.6 Å². The average molecular weight is 293 g/mol. The van der Waals surface area contributed by atoms with E-state index in [1.807, 2.05) is 0 Å². The zero-order valence-electron chi connectivity index (χ0n) is 11.9. The Morgan fingerprint density at radius 3 is 2.76 bits per heavy atom. The van der Waals surface area contributed by atoms with Gasteiger partial charge in [-0.05, 0) is 44.2 Å². The lowest BCUT2D eigenvalue weighted by Crippen LogP contribution is -2.30. The summed E-state index contributed by atoms with van der Waals surface area (Å²) in [6.07, 6.45) is 4.96. The maximum absolute atomic E-state index is 14.0. The standard InChI is InChI=1S/C16H20FNO3/c17-14-9-12(6-7-15(14)21-13-4-1-5-13)18-16(19)11-3-2-8-20-10-11/h6-7,9,11,13H,1-5,8,10H2,(H,18,19)/t11-/m0/s1. The fraction of sp³-hybridized carbons (Fsp3) is 0.562. The van der Waals surface area contributed by atoms with Gasteiger partial charge in [0.25, 0.3) is 0 Å². The van der Waals surface area contributed by atoms with Gasteiger partial charge in [-0.1, -0.05) is 0 Å². The van der Waals surface area contributed by atoms with Crippen molar-refractivity contribution < 1.29 is 18.7 Å². The number of anilines is 1. The molecule has 1 aliphatic carbocycles. The van der Waals surface area contributed by atoms with Crippen molar-refractivity contribution in [2.24, 2.45) is 5.92 Å². The number of halogens is 1. The van der Waals surface area contributed by atoms with Gasteiger partial charge < -0.3 is 14.8 Å². The number of carbonyl (C=O) groups excluding carboxylic acids is 1. The lowest BCUT2D eigenvalue weighted by atomic mass is 9.96. The first-order chi connectivity index (χ1) is 10.2. The highest BCUT2D eigenvalue weighted by atomic mass is 19.1. The summed E-state index contributed by atoms with van der Waals surface area (Å²) >= 11 is 0. The normalized spacial score (nSPS) is 22.4. The highest BCUT2D eigenvalue weighted by Gasteiger charge is 2.23. The van der Waals surface area contributed by atoms with Crippen LogP contribution in [0.15, 0.2) is 18.2 Å². The summed E-state index contributed by atoms with van der Waals surface area (Å²) in [5, 5.41) is 2.75. The molecular weight excluding hydrogens is 273 g/mol. The molecule has 1 aromatic rings. The van der Waals surface area contributed by atoms with E-state index in [0.717, 1.165) is 32.1 Å². The lowest BCUT2D eigenvalue weighted by molar-refractivity contribution is -0.123. The van der Waals surface area contributed by atoms with E-state index in [-0.39, 0.29) is 23.7 Å². The molecule has 2 aliphatic rings. The predicted molar refractivity (Wildman–Crippen MR) is 76.8 cm³/mol. The first-order valence-corrected chi connectivity index (χ1v) is 7.57. The Kier molecular flexibility index (Phi) is 4.39. The molecule has 1 saturated carbocycles. The van der Waals surface area contributed by atoms with Crippen molar-refractivity contribution in [1.82, 2.24) is 0 Å². The van der Waals surface area contributed by atoms with Crippen LogP contribution in [0, 0.1) is 11.7 Å². The Morgan fingerprint density at radius 2 is 2.14 bits per heavy atom. The van der Waals surface area contributed by atoms with Crippen molar-refractivity contribution >= 4 is 11.6 Å². The fourth-order valence-corrected chi connectivity index (χ4v) is 2.53. The van der Waals surface area contributed by atoms with E-state index in [1.54, 1.807) is 12.1 Å². The van der Waals surface area contributed by atoms with Crippen LogP contribution >= 0.6 is 0 Å². The van der Waals surface area contributed by atoms with Crippen molar-refractivity contribution in [3.63, 3.8) is 0 Å². The molecule has 3 rings (SSSR count). The summed E-state index contributed by atoms with van der Waals surface area (Å²) in [7, 11) is 0. The minimum absolute atomic E-state index is 0.109. The molecule has 0 aromatic heterocycles. The third-order valence-corrected chi connectivity index (χ3v) is 4.08. The molecule has 1 amide bonds. The molecule has 1 aromatic carbocycles. The minimum Gasteiger partial charge on any atom is -0.487 e. The number of hydrogen-bond donors (Lipinski definition) is 1. The van der Waals surface area contributed by atoms with Gasteiger partial charge in [0, 0.05) is 18.4 Å². The van der Waals surface area contributed by atoms with Crippen LogP contribution in [0.5, 0.6) is 5.75 Å². The molecule has 1 aliphatic heterocycles. The topological polar surface area (TPSA) is 47.6 Å². The van der Waals surface area contributed by atoms with Gasteiger partial charge in [0.05, 0.1) is 18.6 Å². The van der Waals surface area contributed by atoms with Gasteiger partial charge in [0.2, 0.25) is 5.91 Å². The Morgan fingerprint density at radius 1 is 1.29 bits per heavy atom. The van der Waals surface area contributed by atoms with Crippen LogP contribution in [0.3, 0.4) is 0 Å². The number of nitrogens with one attached hydrogen (secondary N) is 1. The van der Waals surface area contributed by atoms with E-state index < -0.39 is 5.82 Å². The summed E-state index contributed by atoms with van der Waals surface area (Å²) in [4.78, 5) is 12.1. The second-order valence-corrected chi connectivity index (χ2v) is 5.72. The zero-order valence-corrected chi connectivity index (χ0v) is 11.9. The molecule has 114 valence electrons. The molecular formula is C16H20FNO3. The zero-order chi connectivity index (χ0) is 14.7. The van der Waals surface area contributed by atoms with Crippen LogP contribution in [0.25, 0.3) is 0 Å². The fourth-order valence-electron chi connectivity index (χ4n) is 2.53. The van der Waals surface area contributed by atoms with Gasteiger partial charge in [-0.3, -0.25) is 4.79 Å². The number of rotatable bonds is 4. The minimum atomic E-state index is -0.431. The number of ether oxygens (including phenoxy) is 2. The number of benzene rings is 1. The molecule has 1 saturated heterocycles. The van der Waals surface area contributed by atoms with Crippen LogP contribution in [-0.4, -0.2) is 25.2 Å². The van der Waals surface area contributed by atoms with Gasteiger partial charge in [-0.15, -0.1) is 0 Å². The Bertz CT molecular complexity index is 510. The third-order valence-electron chi connectivity index (χ3n) is 4.08. The second kappa shape index (κ2) is 6.43.